The lowest BCUT2D eigenvalue weighted by Gasteiger charge is -2.12. The molecule has 0 saturated carbocycles. The Morgan fingerprint density at radius 3 is 2.45 bits per heavy atom. The fourth-order valence-corrected chi connectivity index (χ4v) is 2.73. The number of nitrogens with two attached hydrogens (primary N) is 1. The molecule has 0 aliphatic heterocycles. The van der Waals surface area contributed by atoms with E-state index in [9.17, 15) is 21.6 Å². The van der Waals surface area contributed by atoms with E-state index in [4.69, 9.17) is 5.73 Å². The SMILES string of the molecule is Cc1ccc(S(=O)(=O)NCCCCN)cc1C(F)(F)F. The number of halogens is 3. The molecule has 1 rings (SSSR count). The van der Waals surface area contributed by atoms with E-state index in [-0.39, 0.29) is 17.0 Å². The molecule has 1 aromatic carbocycles. The van der Waals surface area contributed by atoms with Crippen LogP contribution >= 0.6 is 0 Å². The number of unbranched alkanes of at least 4 members (excludes halogenated alkanes) is 1. The predicted molar refractivity (Wildman–Crippen MR) is 69.7 cm³/mol. The lowest BCUT2D eigenvalue weighted by molar-refractivity contribution is -0.138. The molecule has 0 aliphatic rings. The summed E-state index contributed by atoms with van der Waals surface area (Å²) in [5, 5.41) is 0. The maximum Gasteiger partial charge on any atom is 0.416 e. The summed E-state index contributed by atoms with van der Waals surface area (Å²) in [6.45, 7) is 1.87. The molecule has 0 heterocycles. The summed E-state index contributed by atoms with van der Waals surface area (Å²) >= 11 is 0. The van der Waals surface area contributed by atoms with Crippen LogP contribution in [0.15, 0.2) is 23.1 Å². The summed E-state index contributed by atoms with van der Waals surface area (Å²) in [5.41, 5.74) is 4.32. The minimum atomic E-state index is -4.57. The Balaban J connectivity index is 2.96. The highest BCUT2D eigenvalue weighted by Gasteiger charge is 2.33. The molecule has 20 heavy (non-hydrogen) atoms. The van der Waals surface area contributed by atoms with Crippen molar-refractivity contribution in [2.24, 2.45) is 5.73 Å². The second-order valence-electron chi connectivity index (χ2n) is 4.37. The molecule has 0 aromatic heterocycles. The van der Waals surface area contributed by atoms with Gasteiger partial charge in [-0.2, -0.15) is 13.2 Å². The van der Waals surface area contributed by atoms with Gasteiger partial charge in [-0.25, -0.2) is 13.1 Å². The summed E-state index contributed by atoms with van der Waals surface area (Å²) in [5.74, 6) is 0. The van der Waals surface area contributed by atoms with E-state index in [1.54, 1.807) is 0 Å². The number of hydrogen-bond donors (Lipinski definition) is 2. The molecule has 0 aliphatic carbocycles. The topological polar surface area (TPSA) is 72.2 Å². The minimum absolute atomic E-state index is 0.0143. The fourth-order valence-electron chi connectivity index (χ4n) is 1.63. The molecule has 4 nitrogen and oxygen atoms in total. The number of alkyl halides is 3. The van der Waals surface area contributed by atoms with Gasteiger partial charge in [0.15, 0.2) is 0 Å². The molecule has 0 bridgehead atoms. The van der Waals surface area contributed by atoms with Crippen molar-refractivity contribution in [3.63, 3.8) is 0 Å². The van der Waals surface area contributed by atoms with Crippen LogP contribution in [0.2, 0.25) is 0 Å². The lowest BCUT2D eigenvalue weighted by Crippen LogP contribution is -2.25. The molecule has 1 aromatic rings. The van der Waals surface area contributed by atoms with Crippen LogP contribution in [0, 0.1) is 6.92 Å². The van der Waals surface area contributed by atoms with Crippen molar-refractivity contribution in [3.8, 4) is 0 Å². The van der Waals surface area contributed by atoms with Gasteiger partial charge in [-0.3, -0.25) is 0 Å². The number of hydrogen-bond acceptors (Lipinski definition) is 3. The average molecular weight is 310 g/mol. The Bertz CT molecular complexity index is 556. The van der Waals surface area contributed by atoms with Gasteiger partial charge in [0, 0.05) is 6.54 Å². The number of rotatable bonds is 6. The van der Waals surface area contributed by atoms with Crippen molar-refractivity contribution in [1.29, 1.82) is 0 Å². The lowest BCUT2D eigenvalue weighted by atomic mass is 10.1. The van der Waals surface area contributed by atoms with Crippen LogP contribution in [-0.4, -0.2) is 21.5 Å². The highest BCUT2D eigenvalue weighted by Crippen LogP contribution is 2.33. The monoisotopic (exact) mass is 310 g/mol. The van der Waals surface area contributed by atoms with Gasteiger partial charge in [0.05, 0.1) is 10.5 Å². The Kier molecular flexibility index (Phi) is 5.55. The standard InChI is InChI=1S/C12H17F3N2O2S/c1-9-4-5-10(8-11(9)12(13,14)15)20(18,19)17-7-3-2-6-16/h4-5,8,17H,2-3,6-7,16H2,1H3. The summed E-state index contributed by atoms with van der Waals surface area (Å²) in [6, 6.07) is 2.97. The smallest absolute Gasteiger partial charge is 0.330 e. The van der Waals surface area contributed by atoms with Crippen LogP contribution < -0.4 is 10.5 Å². The molecule has 0 spiro atoms. The summed E-state index contributed by atoms with van der Waals surface area (Å²) in [4.78, 5) is -0.386. The maximum absolute atomic E-state index is 12.7. The molecule has 3 N–H and O–H groups in total. The summed E-state index contributed by atoms with van der Waals surface area (Å²) in [6.07, 6.45) is -3.40. The predicted octanol–water partition coefficient (Wildman–Crippen LogP) is 2.03. The molecule has 0 unspecified atom stereocenters. The van der Waals surface area contributed by atoms with Crippen molar-refractivity contribution in [2.75, 3.05) is 13.1 Å². The molecule has 0 fully saturated rings. The van der Waals surface area contributed by atoms with Gasteiger partial charge >= 0.3 is 6.18 Å². The van der Waals surface area contributed by atoms with Gasteiger partial charge in [-0.1, -0.05) is 6.07 Å². The molecular weight excluding hydrogens is 293 g/mol. The van der Waals surface area contributed by atoms with Gasteiger partial charge in [-0.05, 0) is 44.0 Å². The zero-order chi connectivity index (χ0) is 15.4. The van der Waals surface area contributed by atoms with Crippen molar-refractivity contribution in [2.45, 2.75) is 30.8 Å². The highest BCUT2D eigenvalue weighted by molar-refractivity contribution is 7.89. The van der Waals surface area contributed by atoms with E-state index in [1.807, 2.05) is 0 Å². The van der Waals surface area contributed by atoms with E-state index in [0.717, 1.165) is 12.1 Å². The minimum Gasteiger partial charge on any atom is -0.330 e. The van der Waals surface area contributed by atoms with Crippen molar-refractivity contribution in [1.82, 2.24) is 4.72 Å². The Morgan fingerprint density at radius 2 is 1.90 bits per heavy atom. The van der Waals surface area contributed by atoms with Crippen LogP contribution in [0.5, 0.6) is 0 Å². The normalized spacial score (nSPS) is 12.7. The first-order chi connectivity index (χ1) is 9.18. The van der Waals surface area contributed by atoms with E-state index in [0.29, 0.717) is 25.5 Å². The van der Waals surface area contributed by atoms with E-state index in [1.165, 1.54) is 6.92 Å². The van der Waals surface area contributed by atoms with Gasteiger partial charge in [-0.15, -0.1) is 0 Å². The first-order valence-corrected chi connectivity index (χ1v) is 7.54. The van der Waals surface area contributed by atoms with Crippen LogP contribution in [-0.2, 0) is 16.2 Å². The second-order valence-corrected chi connectivity index (χ2v) is 6.13. The van der Waals surface area contributed by atoms with E-state index >= 15 is 0 Å². The quantitative estimate of drug-likeness (QED) is 0.790. The second kappa shape index (κ2) is 6.55. The van der Waals surface area contributed by atoms with Crippen LogP contribution in [0.1, 0.15) is 24.0 Å². The third-order valence-electron chi connectivity index (χ3n) is 2.75. The number of sulfonamides is 1. The Labute approximate surface area is 116 Å². The molecular formula is C12H17F3N2O2S. The molecule has 0 saturated heterocycles. The van der Waals surface area contributed by atoms with Crippen molar-refractivity contribution < 1.29 is 21.6 Å². The number of benzene rings is 1. The van der Waals surface area contributed by atoms with Crippen molar-refractivity contribution in [3.05, 3.63) is 29.3 Å². The summed E-state index contributed by atoms with van der Waals surface area (Å²) in [7, 11) is -3.93. The Hall–Kier alpha value is -1.12. The average Bonchev–Trinajstić information content (AvgIpc) is 2.33. The van der Waals surface area contributed by atoms with Gasteiger partial charge in [0.1, 0.15) is 0 Å². The molecule has 0 radical (unpaired) electrons. The molecule has 0 amide bonds. The van der Waals surface area contributed by atoms with E-state index < -0.39 is 21.8 Å². The largest absolute Gasteiger partial charge is 0.416 e. The van der Waals surface area contributed by atoms with Gasteiger partial charge in [0.25, 0.3) is 0 Å². The Morgan fingerprint density at radius 1 is 1.25 bits per heavy atom. The maximum atomic E-state index is 12.7. The van der Waals surface area contributed by atoms with Gasteiger partial charge < -0.3 is 5.73 Å². The zero-order valence-electron chi connectivity index (χ0n) is 11.0. The van der Waals surface area contributed by atoms with Crippen LogP contribution in [0.25, 0.3) is 0 Å². The number of nitrogens with one attached hydrogen (secondary N) is 1. The summed E-state index contributed by atoms with van der Waals surface area (Å²) < 4.78 is 64.2. The number of aryl methyl sites for hydroxylation is 1. The highest BCUT2D eigenvalue weighted by atomic mass is 32.2. The molecule has 0 atom stereocenters. The van der Waals surface area contributed by atoms with Crippen molar-refractivity contribution >= 4 is 10.0 Å². The van der Waals surface area contributed by atoms with Crippen LogP contribution in [0.4, 0.5) is 13.2 Å². The third-order valence-corrected chi connectivity index (χ3v) is 4.21. The van der Waals surface area contributed by atoms with Crippen LogP contribution in [0.3, 0.4) is 0 Å². The molecule has 8 heteroatoms. The first kappa shape index (κ1) is 16.9. The first-order valence-electron chi connectivity index (χ1n) is 6.06. The fraction of sp³-hybridized carbons (Fsp3) is 0.500. The van der Waals surface area contributed by atoms with E-state index in [2.05, 4.69) is 4.72 Å². The molecule has 114 valence electrons. The third kappa shape index (κ3) is 4.46. The van der Waals surface area contributed by atoms with Gasteiger partial charge in [0.2, 0.25) is 10.0 Å². The zero-order valence-corrected chi connectivity index (χ0v) is 11.8.